The fraction of sp³-hybridized carbons (Fsp3) is 0.500. The molecule has 0 fully saturated rings. The standard InChI is InChI=1S/C26H36BrNO3/c1-3-5-7-9-11-17-30-23-14-12-13-22(20-23)28-26(29)21-15-16-25(24(27)19-21)31-18-10-8-6-4-2/h12-16,19-20H,3-11,17-18H2,1-2H3,(H,28,29). The highest BCUT2D eigenvalue weighted by Gasteiger charge is 2.10. The first-order valence-corrected chi connectivity index (χ1v) is 12.4. The molecule has 0 heterocycles. The summed E-state index contributed by atoms with van der Waals surface area (Å²) in [5, 5.41) is 2.95. The summed E-state index contributed by atoms with van der Waals surface area (Å²) in [5.41, 5.74) is 1.30. The van der Waals surface area contributed by atoms with Gasteiger partial charge in [0.2, 0.25) is 0 Å². The van der Waals surface area contributed by atoms with Gasteiger partial charge in [-0.1, -0.05) is 64.9 Å². The molecule has 1 N–H and O–H groups in total. The van der Waals surface area contributed by atoms with Crippen molar-refractivity contribution in [1.82, 2.24) is 0 Å². The zero-order valence-corrected chi connectivity index (χ0v) is 20.5. The summed E-state index contributed by atoms with van der Waals surface area (Å²) >= 11 is 3.52. The predicted octanol–water partition coefficient (Wildman–Crippen LogP) is 8.01. The smallest absolute Gasteiger partial charge is 0.255 e. The van der Waals surface area contributed by atoms with Crippen LogP contribution in [0.15, 0.2) is 46.9 Å². The molecule has 0 spiro atoms. The Balaban J connectivity index is 1.83. The van der Waals surface area contributed by atoms with Crippen LogP contribution in [0.25, 0.3) is 0 Å². The average molecular weight is 490 g/mol. The number of amides is 1. The molecule has 2 aromatic rings. The van der Waals surface area contributed by atoms with E-state index in [1.165, 1.54) is 44.9 Å². The van der Waals surface area contributed by atoms with Gasteiger partial charge in [-0.3, -0.25) is 4.79 Å². The quantitative estimate of drug-likeness (QED) is 0.257. The minimum absolute atomic E-state index is 0.160. The van der Waals surface area contributed by atoms with Gasteiger partial charge in [0, 0.05) is 17.3 Å². The van der Waals surface area contributed by atoms with Crippen LogP contribution in [0.3, 0.4) is 0 Å². The molecular weight excluding hydrogens is 454 g/mol. The summed E-state index contributed by atoms with van der Waals surface area (Å²) < 4.78 is 12.4. The molecule has 0 aromatic heterocycles. The Labute approximate surface area is 195 Å². The van der Waals surface area contributed by atoms with Gasteiger partial charge in [0.15, 0.2) is 0 Å². The molecule has 0 bridgehead atoms. The Hall–Kier alpha value is -2.01. The molecule has 0 unspecified atom stereocenters. The van der Waals surface area contributed by atoms with Crippen LogP contribution in [0.2, 0.25) is 0 Å². The number of halogens is 1. The maximum Gasteiger partial charge on any atom is 0.255 e. The number of benzene rings is 2. The van der Waals surface area contributed by atoms with E-state index in [-0.39, 0.29) is 5.91 Å². The minimum Gasteiger partial charge on any atom is -0.494 e. The van der Waals surface area contributed by atoms with Crippen molar-refractivity contribution in [1.29, 1.82) is 0 Å². The van der Waals surface area contributed by atoms with Gasteiger partial charge in [0.1, 0.15) is 11.5 Å². The van der Waals surface area contributed by atoms with Gasteiger partial charge in [-0.2, -0.15) is 0 Å². The maximum absolute atomic E-state index is 12.7. The van der Waals surface area contributed by atoms with Crippen molar-refractivity contribution in [2.45, 2.75) is 71.6 Å². The number of anilines is 1. The van der Waals surface area contributed by atoms with Gasteiger partial charge < -0.3 is 14.8 Å². The number of carbonyl (C=O) groups excluding carboxylic acids is 1. The molecule has 2 rings (SSSR count). The summed E-state index contributed by atoms with van der Waals surface area (Å²) in [7, 11) is 0. The summed E-state index contributed by atoms with van der Waals surface area (Å²) in [5.74, 6) is 1.38. The van der Waals surface area contributed by atoms with E-state index in [1.807, 2.05) is 30.3 Å². The molecule has 2 aromatic carbocycles. The molecular formula is C26H36BrNO3. The highest BCUT2D eigenvalue weighted by molar-refractivity contribution is 9.10. The summed E-state index contributed by atoms with van der Waals surface area (Å²) in [6.07, 6.45) is 10.7. The van der Waals surface area contributed by atoms with E-state index in [2.05, 4.69) is 35.1 Å². The van der Waals surface area contributed by atoms with Crippen molar-refractivity contribution >= 4 is 27.5 Å². The van der Waals surface area contributed by atoms with Crippen molar-refractivity contribution in [3.8, 4) is 11.5 Å². The second-order valence-electron chi connectivity index (χ2n) is 7.80. The first-order chi connectivity index (χ1) is 15.1. The second-order valence-corrected chi connectivity index (χ2v) is 8.65. The highest BCUT2D eigenvalue weighted by Crippen LogP contribution is 2.27. The van der Waals surface area contributed by atoms with Gasteiger partial charge in [-0.15, -0.1) is 0 Å². The molecule has 0 aliphatic carbocycles. The molecule has 0 atom stereocenters. The van der Waals surface area contributed by atoms with Crippen molar-refractivity contribution < 1.29 is 14.3 Å². The summed E-state index contributed by atoms with van der Waals surface area (Å²) in [6.45, 7) is 5.80. The number of hydrogen-bond acceptors (Lipinski definition) is 3. The SMILES string of the molecule is CCCCCCCOc1cccc(NC(=O)c2ccc(OCCCCCC)c(Br)c2)c1. The van der Waals surface area contributed by atoms with Crippen molar-refractivity contribution in [3.05, 3.63) is 52.5 Å². The lowest BCUT2D eigenvalue weighted by molar-refractivity contribution is 0.102. The van der Waals surface area contributed by atoms with Crippen molar-refractivity contribution in [2.24, 2.45) is 0 Å². The van der Waals surface area contributed by atoms with E-state index in [4.69, 9.17) is 9.47 Å². The number of carbonyl (C=O) groups is 1. The molecule has 4 nitrogen and oxygen atoms in total. The van der Waals surface area contributed by atoms with E-state index < -0.39 is 0 Å². The Kier molecular flexibility index (Phi) is 12.1. The van der Waals surface area contributed by atoms with Crippen LogP contribution in [-0.2, 0) is 0 Å². The van der Waals surface area contributed by atoms with Crippen LogP contribution in [0.5, 0.6) is 11.5 Å². The molecule has 0 saturated heterocycles. The molecule has 31 heavy (non-hydrogen) atoms. The lowest BCUT2D eigenvalue weighted by atomic mass is 10.2. The second kappa shape index (κ2) is 14.9. The maximum atomic E-state index is 12.7. The van der Waals surface area contributed by atoms with Crippen molar-refractivity contribution in [3.63, 3.8) is 0 Å². The molecule has 0 saturated carbocycles. The van der Waals surface area contributed by atoms with Crippen LogP contribution in [0.1, 0.15) is 82.0 Å². The van der Waals surface area contributed by atoms with Gasteiger partial charge in [-0.25, -0.2) is 0 Å². The Morgan fingerprint density at radius 2 is 1.52 bits per heavy atom. The number of nitrogens with one attached hydrogen (secondary N) is 1. The van der Waals surface area contributed by atoms with Crippen LogP contribution in [-0.4, -0.2) is 19.1 Å². The zero-order valence-electron chi connectivity index (χ0n) is 18.9. The first-order valence-electron chi connectivity index (χ1n) is 11.6. The Morgan fingerprint density at radius 1 is 0.839 bits per heavy atom. The van der Waals surface area contributed by atoms with E-state index in [1.54, 1.807) is 12.1 Å². The number of rotatable bonds is 15. The molecule has 5 heteroatoms. The average Bonchev–Trinajstić information content (AvgIpc) is 2.77. The molecule has 170 valence electrons. The third-order valence-electron chi connectivity index (χ3n) is 5.06. The Bertz CT molecular complexity index is 794. The summed E-state index contributed by atoms with van der Waals surface area (Å²) in [4.78, 5) is 12.7. The number of ether oxygens (including phenoxy) is 2. The van der Waals surface area contributed by atoms with Gasteiger partial charge in [-0.05, 0) is 59.1 Å². The minimum atomic E-state index is -0.160. The molecule has 0 radical (unpaired) electrons. The van der Waals surface area contributed by atoms with Gasteiger partial charge in [0.05, 0.1) is 17.7 Å². The summed E-state index contributed by atoms with van der Waals surface area (Å²) in [6, 6.07) is 13.0. The molecule has 0 aliphatic rings. The molecule has 0 aliphatic heterocycles. The van der Waals surface area contributed by atoms with Gasteiger partial charge >= 0.3 is 0 Å². The van der Waals surface area contributed by atoms with Crippen LogP contribution >= 0.6 is 15.9 Å². The lowest BCUT2D eigenvalue weighted by Gasteiger charge is -2.11. The van der Waals surface area contributed by atoms with Crippen LogP contribution in [0, 0.1) is 0 Å². The molecule has 1 amide bonds. The van der Waals surface area contributed by atoms with Gasteiger partial charge in [0.25, 0.3) is 5.91 Å². The fourth-order valence-corrected chi connectivity index (χ4v) is 3.73. The lowest BCUT2D eigenvalue weighted by Crippen LogP contribution is -2.12. The fourth-order valence-electron chi connectivity index (χ4n) is 3.23. The van der Waals surface area contributed by atoms with E-state index in [0.717, 1.165) is 34.5 Å². The zero-order chi connectivity index (χ0) is 22.3. The van der Waals surface area contributed by atoms with E-state index in [9.17, 15) is 4.79 Å². The number of unbranched alkanes of at least 4 members (excludes halogenated alkanes) is 7. The topological polar surface area (TPSA) is 47.6 Å². The first kappa shape index (κ1) is 25.3. The predicted molar refractivity (Wildman–Crippen MR) is 132 cm³/mol. The van der Waals surface area contributed by atoms with E-state index >= 15 is 0 Å². The number of hydrogen-bond donors (Lipinski definition) is 1. The van der Waals surface area contributed by atoms with Crippen molar-refractivity contribution in [2.75, 3.05) is 18.5 Å². The van der Waals surface area contributed by atoms with Crippen LogP contribution < -0.4 is 14.8 Å². The monoisotopic (exact) mass is 489 g/mol. The van der Waals surface area contributed by atoms with Crippen LogP contribution in [0.4, 0.5) is 5.69 Å². The highest BCUT2D eigenvalue weighted by atomic mass is 79.9. The van der Waals surface area contributed by atoms with E-state index in [0.29, 0.717) is 18.8 Å². The third-order valence-corrected chi connectivity index (χ3v) is 5.68. The normalized spacial score (nSPS) is 10.7. The third kappa shape index (κ3) is 9.77. The largest absolute Gasteiger partial charge is 0.494 e. The Morgan fingerprint density at radius 3 is 2.23 bits per heavy atom.